The van der Waals surface area contributed by atoms with E-state index in [9.17, 15) is 5.11 Å². The molecule has 4 aromatic rings. The molecule has 2 N–H and O–H groups in total. The van der Waals surface area contributed by atoms with E-state index in [1.165, 1.54) is 32.8 Å². The number of aryl methyl sites for hydroxylation is 1. The van der Waals surface area contributed by atoms with Crippen molar-refractivity contribution < 1.29 is 28.4 Å². The van der Waals surface area contributed by atoms with Crippen LogP contribution in [-0.2, 0) is 9.47 Å². The molecule has 5 fully saturated rings. The van der Waals surface area contributed by atoms with Gasteiger partial charge in [0.15, 0.2) is 5.82 Å². The van der Waals surface area contributed by atoms with Gasteiger partial charge in [-0.05, 0) is 83.4 Å². The van der Waals surface area contributed by atoms with E-state index in [0.29, 0.717) is 70.0 Å². The van der Waals surface area contributed by atoms with Crippen molar-refractivity contribution in [2.75, 3.05) is 64.7 Å². The molecule has 2 aliphatic carbocycles. The third-order valence-electron chi connectivity index (χ3n) is 12.9. The molecule has 9 rings (SSSR count). The number of nitrogens with zero attached hydrogens (tertiary/aromatic N) is 6. The number of hydrogen-bond donors (Lipinski definition) is 2. The summed E-state index contributed by atoms with van der Waals surface area (Å²) in [5, 5.41) is 19.6. The maximum Gasteiger partial charge on any atom is 0.319 e. The lowest BCUT2D eigenvalue weighted by molar-refractivity contribution is -0.143. The van der Waals surface area contributed by atoms with Crippen LogP contribution < -0.4 is 14.4 Å². The number of halogens is 2. The quantitative estimate of drug-likeness (QED) is 0.223. The number of benzene rings is 1. The lowest BCUT2D eigenvalue weighted by atomic mass is 9.69. The highest BCUT2D eigenvalue weighted by atomic mass is 35.5. The molecule has 53 heavy (non-hydrogen) atoms. The van der Waals surface area contributed by atoms with Crippen LogP contribution in [0.15, 0.2) is 12.3 Å². The van der Waals surface area contributed by atoms with Gasteiger partial charge in [-0.25, -0.2) is 9.37 Å². The summed E-state index contributed by atoms with van der Waals surface area (Å²) in [5.41, 5.74) is 1.06. The highest BCUT2D eigenvalue weighted by Crippen LogP contribution is 2.52. The number of hydrogen-bond acceptors (Lipinski definition) is 11. The number of rotatable bonds is 7. The largest absolute Gasteiger partial charge is 0.480 e. The number of H-pyrrole nitrogens is 1. The Morgan fingerprint density at radius 1 is 1.06 bits per heavy atom. The zero-order chi connectivity index (χ0) is 36.5. The van der Waals surface area contributed by atoms with Crippen molar-refractivity contribution in [2.24, 2.45) is 10.8 Å². The molecule has 14 heteroatoms. The van der Waals surface area contributed by atoms with Gasteiger partial charge in [-0.2, -0.15) is 15.1 Å². The van der Waals surface area contributed by atoms with Crippen LogP contribution in [-0.4, -0.2) is 113 Å². The number of ether oxygens (including phenoxy) is 4. The molecule has 0 amide bonds. The number of aromatic nitrogens is 5. The molecule has 3 aliphatic heterocycles. The summed E-state index contributed by atoms with van der Waals surface area (Å²) in [6, 6.07) is 2.98. The van der Waals surface area contributed by atoms with E-state index in [4.69, 9.17) is 45.5 Å². The van der Waals surface area contributed by atoms with Crippen LogP contribution in [0.4, 0.5) is 10.2 Å². The summed E-state index contributed by atoms with van der Waals surface area (Å²) in [4.78, 5) is 19.2. The number of piperidine rings is 1. The molecular weight excluding hydrogens is 701 g/mol. The van der Waals surface area contributed by atoms with Gasteiger partial charge in [0.2, 0.25) is 5.88 Å². The molecule has 0 bridgehead atoms. The Morgan fingerprint density at radius 3 is 2.64 bits per heavy atom. The molecule has 5 aliphatic rings. The van der Waals surface area contributed by atoms with Crippen LogP contribution in [0.1, 0.15) is 70.3 Å². The number of likely N-dealkylation sites (tertiary alicyclic amines) is 1. The fraction of sp³-hybridized carbons (Fsp3) is 0.641. The number of aliphatic hydroxyl groups is 1. The Balaban J connectivity index is 1.11. The summed E-state index contributed by atoms with van der Waals surface area (Å²) < 4.78 is 41.2. The number of nitrogens with one attached hydrogen (secondary N) is 1. The normalized spacial score (nSPS) is 28.0. The summed E-state index contributed by atoms with van der Waals surface area (Å²) in [6.45, 7) is 8.10. The number of pyridine rings is 1. The van der Waals surface area contributed by atoms with Gasteiger partial charge in [-0.3, -0.25) is 10.00 Å². The minimum Gasteiger partial charge on any atom is -0.480 e. The number of fused-ring (bicyclic) bond motifs is 3. The molecule has 3 saturated heterocycles. The van der Waals surface area contributed by atoms with Crippen molar-refractivity contribution in [1.82, 2.24) is 30.0 Å². The molecule has 3 aromatic heterocycles. The standard InChI is InChI=1S/C39H49ClFN7O5/c1-23-16-26-25(17-42-46-26)28(30(23)40)32-31(41)33-29(35(43-32)50-3)34(47-14-15-51-19-37(2,49)18-47)45-36(44-33)53-22-39-9-4-6-27(39)48(13-5-10-39)24-7-11-38(12-8-24)20-52-21-38/h16-17,24,27,49H,4-15,18-22H2,1-3H3,(H,42,46)/t27-,37+,39-/m1/s1. The minimum absolute atomic E-state index is 0.00338. The van der Waals surface area contributed by atoms with E-state index in [0.717, 1.165) is 57.4 Å². The van der Waals surface area contributed by atoms with Crippen LogP contribution in [0.5, 0.6) is 11.9 Å². The first-order valence-electron chi connectivity index (χ1n) is 19.2. The molecule has 0 unspecified atom stereocenters. The van der Waals surface area contributed by atoms with Crippen molar-refractivity contribution >= 4 is 39.2 Å². The average Bonchev–Trinajstić information content (AvgIpc) is 3.75. The predicted molar refractivity (Wildman–Crippen MR) is 199 cm³/mol. The van der Waals surface area contributed by atoms with Crippen molar-refractivity contribution in [3.8, 4) is 23.1 Å². The third kappa shape index (κ3) is 6.11. The molecule has 1 aromatic carbocycles. The lowest BCUT2D eigenvalue weighted by Gasteiger charge is -2.53. The Labute approximate surface area is 313 Å². The zero-order valence-electron chi connectivity index (χ0n) is 30.8. The van der Waals surface area contributed by atoms with Gasteiger partial charge in [0.05, 0.1) is 63.4 Å². The smallest absolute Gasteiger partial charge is 0.319 e. The van der Waals surface area contributed by atoms with Crippen LogP contribution >= 0.6 is 11.6 Å². The van der Waals surface area contributed by atoms with Crippen molar-refractivity contribution in [3.63, 3.8) is 0 Å². The van der Waals surface area contributed by atoms with E-state index in [2.05, 4.69) is 15.1 Å². The van der Waals surface area contributed by atoms with E-state index in [1.54, 1.807) is 13.1 Å². The summed E-state index contributed by atoms with van der Waals surface area (Å²) in [5.74, 6) is -0.164. The van der Waals surface area contributed by atoms with E-state index in [1.807, 2.05) is 17.9 Å². The van der Waals surface area contributed by atoms with Crippen LogP contribution in [0, 0.1) is 23.6 Å². The maximum absolute atomic E-state index is 17.3. The van der Waals surface area contributed by atoms with Crippen LogP contribution in [0.25, 0.3) is 33.1 Å². The lowest BCUT2D eigenvalue weighted by Crippen LogP contribution is -2.57. The van der Waals surface area contributed by atoms with Gasteiger partial charge in [0.1, 0.15) is 28.0 Å². The Hall–Kier alpha value is -3.36. The van der Waals surface area contributed by atoms with Gasteiger partial charge in [-0.15, -0.1) is 0 Å². The topological polar surface area (TPSA) is 131 Å². The molecule has 2 saturated carbocycles. The second-order valence-corrected chi connectivity index (χ2v) is 17.0. The number of methoxy groups -OCH3 is 1. The first kappa shape index (κ1) is 35.3. The SMILES string of the molecule is COc1nc(-c2c(Cl)c(C)cc3[nH]ncc23)c(F)c2nc(OC[C@]34CCC[C@H]3N(C3CCC5(CC3)COC5)CCC4)nc(N3CCOC[C@@](C)(O)C3)c12. The second kappa shape index (κ2) is 13.4. The van der Waals surface area contributed by atoms with Crippen LogP contribution in [0.2, 0.25) is 5.02 Å². The van der Waals surface area contributed by atoms with E-state index in [-0.39, 0.29) is 41.7 Å². The number of aromatic amines is 1. The Morgan fingerprint density at radius 2 is 1.87 bits per heavy atom. The molecule has 0 radical (unpaired) electrons. The highest BCUT2D eigenvalue weighted by Gasteiger charge is 2.52. The molecule has 284 valence electrons. The highest BCUT2D eigenvalue weighted by molar-refractivity contribution is 6.35. The number of β-amino-alcohol motifs (C(OH)–C–C–N with tert-alkyl or cyclic N) is 1. The molecular formula is C39H49ClFN7O5. The van der Waals surface area contributed by atoms with Gasteiger partial charge in [-0.1, -0.05) is 18.0 Å². The molecule has 6 heterocycles. The summed E-state index contributed by atoms with van der Waals surface area (Å²) in [6.07, 6.45) is 12.2. The first-order chi connectivity index (χ1) is 25.6. The minimum atomic E-state index is -1.18. The van der Waals surface area contributed by atoms with Gasteiger partial charge >= 0.3 is 6.01 Å². The molecule has 3 atom stereocenters. The van der Waals surface area contributed by atoms with Gasteiger partial charge in [0, 0.05) is 40.4 Å². The van der Waals surface area contributed by atoms with Crippen LogP contribution in [0.3, 0.4) is 0 Å². The monoisotopic (exact) mass is 749 g/mol. The second-order valence-electron chi connectivity index (χ2n) is 16.6. The van der Waals surface area contributed by atoms with E-state index >= 15 is 4.39 Å². The molecule has 12 nitrogen and oxygen atoms in total. The van der Waals surface area contributed by atoms with E-state index < -0.39 is 11.4 Å². The summed E-state index contributed by atoms with van der Waals surface area (Å²) in [7, 11) is 1.49. The fourth-order valence-corrected chi connectivity index (χ4v) is 10.4. The Kier molecular flexibility index (Phi) is 8.96. The first-order valence-corrected chi connectivity index (χ1v) is 19.6. The molecule has 1 spiro atoms. The van der Waals surface area contributed by atoms with Gasteiger partial charge in [0.25, 0.3) is 0 Å². The zero-order valence-corrected chi connectivity index (χ0v) is 31.6. The Bertz CT molecular complexity index is 2030. The van der Waals surface area contributed by atoms with Crippen molar-refractivity contribution in [1.29, 1.82) is 0 Å². The van der Waals surface area contributed by atoms with Gasteiger partial charge < -0.3 is 29.0 Å². The fourth-order valence-electron chi connectivity index (χ4n) is 10.1. The maximum atomic E-state index is 17.3. The third-order valence-corrected chi connectivity index (χ3v) is 13.4. The average molecular weight is 750 g/mol. The van der Waals surface area contributed by atoms with Crippen molar-refractivity contribution in [3.05, 3.63) is 28.7 Å². The predicted octanol–water partition coefficient (Wildman–Crippen LogP) is 6.24. The number of anilines is 1. The summed E-state index contributed by atoms with van der Waals surface area (Å²) >= 11 is 6.89. The van der Waals surface area contributed by atoms with Crippen molar-refractivity contribution in [2.45, 2.75) is 89.3 Å².